The van der Waals surface area contributed by atoms with E-state index in [4.69, 9.17) is 9.15 Å². The summed E-state index contributed by atoms with van der Waals surface area (Å²) in [6, 6.07) is 1.20. The van der Waals surface area contributed by atoms with Crippen molar-refractivity contribution in [1.29, 1.82) is 0 Å². The maximum atomic E-state index is 11.5. The second-order valence-electron chi connectivity index (χ2n) is 6.98. The van der Waals surface area contributed by atoms with Crippen LogP contribution in [-0.4, -0.2) is 35.7 Å². The summed E-state index contributed by atoms with van der Waals surface area (Å²) in [6.45, 7) is 12.6. The minimum absolute atomic E-state index is 0.177. The first-order valence-corrected chi connectivity index (χ1v) is 11.7. The van der Waals surface area contributed by atoms with E-state index < -0.39 is 19.8 Å². The van der Waals surface area contributed by atoms with Gasteiger partial charge >= 0.3 is 6.09 Å². The number of rotatable bonds is 6. The van der Waals surface area contributed by atoms with Gasteiger partial charge in [-0.1, -0.05) is 31.4 Å². The largest absolute Gasteiger partial charge is 0.444 e. The van der Waals surface area contributed by atoms with Crippen molar-refractivity contribution in [2.45, 2.75) is 63.8 Å². The van der Waals surface area contributed by atoms with E-state index in [-0.39, 0.29) is 6.54 Å². The molecule has 1 heterocycles. The SMILES string of the molecule is CC(C)(C)OC(=O)NCc1nnc(SCC[Si](C)(C)C)o1. The lowest BCUT2D eigenvalue weighted by molar-refractivity contribution is 0.0518. The number of hydrogen-bond acceptors (Lipinski definition) is 6. The summed E-state index contributed by atoms with van der Waals surface area (Å²) < 4.78 is 10.6. The number of carbonyl (C=O) groups excluding carboxylic acids is 1. The molecule has 1 aromatic rings. The van der Waals surface area contributed by atoms with E-state index >= 15 is 0 Å². The fourth-order valence-corrected chi connectivity index (χ4v) is 4.56. The topological polar surface area (TPSA) is 77.2 Å². The molecule has 0 radical (unpaired) electrons. The molecule has 1 N–H and O–H groups in total. The fraction of sp³-hybridized carbons (Fsp3) is 0.769. The summed E-state index contributed by atoms with van der Waals surface area (Å²) in [4.78, 5) is 11.5. The molecule has 0 aliphatic heterocycles. The molecule has 0 fully saturated rings. The molecule has 1 rings (SSSR count). The Morgan fingerprint density at radius 3 is 2.57 bits per heavy atom. The van der Waals surface area contributed by atoms with Crippen molar-refractivity contribution in [3.05, 3.63) is 5.89 Å². The highest BCUT2D eigenvalue weighted by atomic mass is 32.2. The number of alkyl carbamates (subject to hydrolysis) is 1. The molecule has 0 aliphatic rings. The quantitative estimate of drug-likeness (QED) is 0.635. The molecule has 120 valence electrons. The van der Waals surface area contributed by atoms with E-state index in [2.05, 4.69) is 35.2 Å². The molecule has 21 heavy (non-hydrogen) atoms. The van der Waals surface area contributed by atoms with Gasteiger partial charge in [0.25, 0.3) is 5.22 Å². The molecule has 0 aliphatic carbocycles. The van der Waals surface area contributed by atoms with Crippen LogP contribution in [0.2, 0.25) is 25.7 Å². The summed E-state index contributed by atoms with van der Waals surface area (Å²) in [7, 11) is -1.04. The lowest BCUT2D eigenvalue weighted by Crippen LogP contribution is -2.32. The van der Waals surface area contributed by atoms with Crippen LogP contribution in [0.25, 0.3) is 0 Å². The summed E-state index contributed by atoms with van der Waals surface area (Å²) in [6.07, 6.45) is -0.492. The van der Waals surface area contributed by atoms with E-state index in [9.17, 15) is 4.79 Å². The van der Waals surface area contributed by atoms with Gasteiger partial charge < -0.3 is 14.5 Å². The number of amides is 1. The normalized spacial score (nSPS) is 12.3. The van der Waals surface area contributed by atoms with E-state index in [1.807, 2.05) is 20.8 Å². The molecular formula is C13H25N3O3SSi. The van der Waals surface area contributed by atoms with Crippen LogP contribution in [0.15, 0.2) is 9.64 Å². The Morgan fingerprint density at radius 2 is 2.00 bits per heavy atom. The predicted octanol–water partition coefficient (Wildman–Crippen LogP) is 3.52. The van der Waals surface area contributed by atoms with Gasteiger partial charge in [0.2, 0.25) is 5.89 Å². The Bertz CT molecular complexity index is 466. The molecule has 0 unspecified atom stereocenters. The summed E-state index contributed by atoms with van der Waals surface area (Å²) in [5.74, 6) is 1.37. The highest BCUT2D eigenvalue weighted by Gasteiger charge is 2.17. The highest BCUT2D eigenvalue weighted by molar-refractivity contribution is 7.99. The number of hydrogen-bond donors (Lipinski definition) is 1. The summed E-state index contributed by atoms with van der Waals surface area (Å²) in [5.41, 5.74) is -0.517. The van der Waals surface area contributed by atoms with Gasteiger partial charge in [-0.2, -0.15) is 0 Å². The fourth-order valence-electron chi connectivity index (χ4n) is 1.27. The zero-order valence-electron chi connectivity index (χ0n) is 13.6. The van der Waals surface area contributed by atoms with Gasteiger partial charge in [-0.15, -0.1) is 10.2 Å². The second kappa shape index (κ2) is 7.30. The van der Waals surface area contributed by atoms with E-state index in [1.54, 1.807) is 11.8 Å². The molecule has 0 saturated carbocycles. The maximum Gasteiger partial charge on any atom is 0.408 e. The lowest BCUT2D eigenvalue weighted by Gasteiger charge is -2.19. The van der Waals surface area contributed by atoms with Gasteiger partial charge in [0.1, 0.15) is 5.60 Å². The number of thioether (sulfide) groups is 1. The Labute approximate surface area is 131 Å². The molecule has 0 bridgehead atoms. The predicted molar refractivity (Wildman–Crippen MR) is 86.2 cm³/mol. The van der Waals surface area contributed by atoms with Gasteiger partial charge in [-0.3, -0.25) is 0 Å². The van der Waals surface area contributed by atoms with Gasteiger partial charge in [0.15, 0.2) is 0 Å². The third-order valence-electron chi connectivity index (χ3n) is 2.31. The Kier molecular flexibility index (Phi) is 6.27. The van der Waals surface area contributed by atoms with Gasteiger partial charge in [0.05, 0.1) is 6.54 Å². The number of aromatic nitrogens is 2. The molecular weight excluding hydrogens is 306 g/mol. The smallest absolute Gasteiger partial charge is 0.408 e. The Morgan fingerprint density at radius 1 is 1.33 bits per heavy atom. The Hall–Kier alpha value is -1.02. The molecule has 0 saturated heterocycles. The standard InChI is InChI=1S/C13H25N3O3SSi/c1-13(2,3)19-11(17)14-9-10-15-16-12(18-10)20-7-8-21(4,5)6/h7-9H2,1-6H3,(H,14,17). The van der Waals surface area contributed by atoms with Crippen molar-refractivity contribution < 1.29 is 13.9 Å². The van der Waals surface area contributed by atoms with Crippen molar-refractivity contribution >= 4 is 25.9 Å². The molecule has 0 atom stereocenters. The highest BCUT2D eigenvalue weighted by Crippen LogP contribution is 2.20. The average Bonchev–Trinajstić information content (AvgIpc) is 2.70. The van der Waals surface area contributed by atoms with Crippen molar-refractivity contribution in [2.24, 2.45) is 0 Å². The van der Waals surface area contributed by atoms with Gasteiger partial charge in [-0.25, -0.2) is 4.79 Å². The molecule has 8 heteroatoms. The van der Waals surface area contributed by atoms with Crippen LogP contribution in [0, 0.1) is 0 Å². The number of ether oxygens (including phenoxy) is 1. The Balaban J connectivity index is 2.33. The van der Waals surface area contributed by atoms with Crippen molar-refractivity contribution in [3.8, 4) is 0 Å². The van der Waals surface area contributed by atoms with Gasteiger partial charge in [0, 0.05) is 13.8 Å². The third kappa shape index (κ3) is 8.77. The van der Waals surface area contributed by atoms with Crippen LogP contribution in [0.5, 0.6) is 0 Å². The van der Waals surface area contributed by atoms with Gasteiger partial charge in [-0.05, 0) is 26.8 Å². The first-order chi connectivity index (χ1) is 9.55. The number of carbonyl (C=O) groups is 1. The molecule has 1 aromatic heterocycles. The second-order valence-corrected chi connectivity index (χ2v) is 13.6. The minimum Gasteiger partial charge on any atom is -0.444 e. The first kappa shape index (κ1) is 18.0. The zero-order chi connectivity index (χ0) is 16.1. The molecule has 0 spiro atoms. The minimum atomic E-state index is -1.04. The summed E-state index contributed by atoms with van der Waals surface area (Å²) >= 11 is 1.56. The monoisotopic (exact) mass is 331 g/mol. The van der Waals surface area contributed by atoms with E-state index in [0.717, 1.165) is 5.75 Å². The van der Waals surface area contributed by atoms with Crippen LogP contribution in [0.3, 0.4) is 0 Å². The van der Waals surface area contributed by atoms with Crippen molar-refractivity contribution in [1.82, 2.24) is 15.5 Å². The number of nitrogens with zero attached hydrogens (tertiary/aromatic N) is 2. The zero-order valence-corrected chi connectivity index (χ0v) is 15.5. The van der Waals surface area contributed by atoms with Crippen LogP contribution < -0.4 is 5.32 Å². The van der Waals surface area contributed by atoms with Crippen molar-refractivity contribution in [3.63, 3.8) is 0 Å². The van der Waals surface area contributed by atoms with Crippen LogP contribution in [0.4, 0.5) is 4.79 Å². The van der Waals surface area contributed by atoms with Crippen LogP contribution >= 0.6 is 11.8 Å². The lowest BCUT2D eigenvalue weighted by atomic mass is 10.2. The van der Waals surface area contributed by atoms with Crippen LogP contribution in [0.1, 0.15) is 26.7 Å². The third-order valence-corrected chi connectivity index (χ3v) is 5.24. The molecule has 0 aromatic carbocycles. The van der Waals surface area contributed by atoms with Crippen molar-refractivity contribution in [2.75, 3.05) is 5.75 Å². The van der Waals surface area contributed by atoms with Crippen LogP contribution in [-0.2, 0) is 11.3 Å². The maximum absolute atomic E-state index is 11.5. The average molecular weight is 332 g/mol. The molecule has 1 amide bonds. The first-order valence-electron chi connectivity index (χ1n) is 6.97. The molecule has 6 nitrogen and oxygen atoms in total. The van der Waals surface area contributed by atoms with E-state index in [1.165, 1.54) is 6.04 Å². The van der Waals surface area contributed by atoms with E-state index in [0.29, 0.717) is 11.1 Å². The number of nitrogens with one attached hydrogen (secondary N) is 1. The summed E-state index contributed by atoms with van der Waals surface area (Å²) in [5, 5.41) is 11.0.